The van der Waals surface area contributed by atoms with Crippen molar-refractivity contribution in [3.8, 4) is 0 Å². The topological polar surface area (TPSA) is 97.1 Å². The largest absolute Gasteiger partial charge is 0.476 e. The third-order valence-corrected chi connectivity index (χ3v) is 3.42. The molecule has 0 bridgehead atoms. The minimum absolute atomic E-state index is 0.0149. The number of carboxylic acids is 1. The van der Waals surface area contributed by atoms with Gasteiger partial charge in [-0.3, -0.25) is 4.79 Å². The summed E-state index contributed by atoms with van der Waals surface area (Å²) < 4.78 is 1.67. The summed E-state index contributed by atoms with van der Waals surface area (Å²) >= 11 is 1.20. The molecule has 0 saturated carbocycles. The first-order chi connectivity index (χ1) is 8.97. The monoisotopic (exact) mass is 280 g/mol. The van der Waals surface area contributed by atoms with Crippen molar-refractivity contribution < 1.29 is 14.7 Å². The molecule has 0 fully saturated rings. The predicted molar refractivity (Wildman–Crippen MR) is 68.2 cm³/mol. The SMILES string of the molecule is CC(NC(=O)c1cn(C)cn1)c1nc(C(=O)O)cs1. The van der Waals surface area contributed by atoms with Crippen LogP contribution < -0.4 is 5.32 Å². The van der Waals surface area contributed by atoms with Gasteiger partial charge in [-0.05, 0) is 6.92 Å². The van der Waals surface area contributed by atoms with Crippen molar-refractivity contribution in [2.45, 2.75) is 13.0 Å². The number of hydrogen-bond acceptors (Lipinski definition) is 5. The highest BCUT2D eigenvalue weighted by Gasteiger charge is 2.17. The lowest BCUT2D eigenvalue weighted by Gasteiger charge is -2.09. The molecule has 1 amide bonds. The summed E-state index contributed by atoms with van der Waals surface area (Å²) in [5, 5.41) is 13.5. The second-order valence-electron chi connectivity index (χ2n) is 4.00. The van der Waals surface area contributed by atoms with Gasteiger partial charge < -0.3 is 15.0 Å². The summed E-state index contributed by atoms with van der Waals surface area (Å²) in [5.41, 5.74) is 0.295. The van der Waals surface area contributed by atoms with Crippen LogP contribution in [0.5, 0.6) is 0 Å². The van der Waals surface area contributed by atoms with Crippen LogP contribution in [-0.2, 0) is 7.05 Å². The summed E-state index contributed by atoms with van der Waals surface area (Å²) in [7, 11) is 1.77. The molecule has 2 N–H and O–H groups in total. The molecule has 2 heterocycles. The van der Waals surface area contributed by atoms with Crippen molar-refractivity contribution in [2.75, 3.05) is 0 Å². The van der Waals surface area contributed by atoms with E-state index in [0.717, 1.165) is 0 Å². The van der Waals surface area contributed by atoms with E-state index in [9.17, 15) is 9.59 Å². The molecule has 2 rings (SSSR count). The van der Waals surface area contributed by atoms with Crippen molar-refractivity contribution in [1.82, 2.24) is 19.9 Å². The number of carboxylic acid groups (broad SMARTS) is 1. The van der Waals surface area contributed by atoms with E-state index in [1.165, 1.54) is 23.0 Å². The Morgan fingerprint density at radius 2 is 2.21 bits per heavy atom. The molecule has 100 valence electrons. The summed E-state index contributed by atoms with van der Waals surface area (Å²) in [5.74, 6) is -1.40. The maximum Gasteiger partial charge on any atom is 0.355 e. The maximum atomic E-state index is 11.9. The fraction of sp³-hybridized carbons (Fsp3) is 0.273. The molecule has 0 aliphatic carbocycles. The highest BCUT2D eigenvalue weighted by atomic mass is 32.1. The molecular weight excluding hydrogens is 268 g/mol. The van der Waals surface area contributed by atoms with E-state index in [-0.39, 0.29) is 17.6 Å². The quantitative estimate of drug-likeness (QED) is 0.873. The molecule has 1 unspecified atom stereocenters. The lowest BCUT2D eigenvalue weighted by Crippen LogP contribution is -2.27. The molecule has 2 aromatic rings. The van der Waals surface area contributed by atoms with Gasteiger partial charge in [0.2, 0.25) is 0 Å². The predicted octanol–water partition coefficient (Wildman–Crippen LogP) is 1.07. The second-order valence-corrected chi connectivity index (χ2v) is 4.89. The van der Waals surface area contributed by atoms with Gasteiger partial charge in [-0.25, -0.2) is 14.8 Å². The molecule has 0 radical (unpaired) electrons. The van der Waals surface area contributed by atoms with Crippen LogP contribution in [0.15, 0.2) is 17.9 Å². The Labute approximate surface area is 112 Å². The lowest BCUT2D eigenvalue weighted by molar-refractivity contribution is 0.0691. The molecule has 0 aromatic carbocycles. The van der Waals surface area contributed by atoms with E-state index < -0.39 is 5.97 Å². The number of nitrogens with one attached hydrogen (secondary N) is 1. The molecule has 1 atom stereocenters. The van der Waals surface area contributed by atoms with Crippen LogP contribution in [-0.4, -0.2) is 31.5 Å². The number of carbonyl (C=O) groups excluding carboxylic acids is 1. The van der Waals surface area contributed by atoms with E-state index in [4.69, 9.17) is 5.11 Å². The van der Waals surface area contributed by atoms with Gasteiger partial charge in [-0.1, -0.05) is 0 Å². The molecule has 19 heavy (non-hydrogen) atoms. The number of rotatable bonds is 4. The highest BCUT2D eigenvalue weighted by molar-refractivity contribution is 7.09. The second kappa shape index (κ2) is 5.19. The number of aromatic carboxylic acids is 1. The Morgan fingerprint density at radius 1 is 1.47 bits per heavy atom. The fourth-order valence-electron chi connectivity index (χ4n) is 1.45. The number of nitrogens with zero attached hydrogens (tertiary/aromatic N) is 3. The number of carbonyl (C=O) groups is 2. The number of amides is 1. The summed E-state index contributed by atoms with van der Waals surface area (Å²) in [6.45, 7) is 1.74. The van der Waals surface area contributed by atoms with Crippen LogP contribution in [0.4, 0.5) is 0 Å². The van der Waals surface area contributed by atoms with Gasteiger partial charge in [-0.2, -0.15) is 0 Å². The van der Waals surface area contributed by atoms with Crippen LogP contribution in [0.2, 0.25) is 0 Å². The zero-order chi connectivity index (χ0) is 14.0. The van der Waals surface area contributed by atoms with Crippen molar-refractivity contribution in [2.24, 2.45) is 7.05 Å². The van der Waals surface area contributed by atoms with E-state index >= 15 is 0 Å². The zero-order valence-electron chi connectivity index (χ0n) is 10.3. The van der Waals surface area contributed by atoms with Crippen LogP contribution >= 0.6 is 11.3 Å². The summed E-state index contributed by atoms with van der Waals surface area (Å²) in [6, 6.07) is -0.368. The van der Waals surface area contributed by atoms with Gasteiger partial charge in [-0.15, -0.1) is 11.3 Å². The van der Waals surface area contributed by atoms with Gasteiger partial charge >= 0.3 is 5.97 Å². The smallest absolute Gasteiger partial charge is 0.355 e. The lowest BCUT2D eigenvalue weighted by atomic mass is 10.3. The number of thiazole rings is 1. The molecule has 0 aliphatic rings. The Bertz CT molecular complexity index is 619. The summed E-state index contributed by atoms with van der Waals surface area (Å²) in [6.07, 6.45) is 3.14. The van der Waals surface area contributed by atoms with Gasteiger partial charge in [0.25, 0.3) is 5.91 Å². The van der Waals surface area contributed by atoms with Crippen molar-refractivity contribution in [1.29, 1.82) is 0 Å². The first kappa shape index (κ1) is 13.2. The number of aromatic nitrogens is 3. The van der Waals surface area contributed by atoms with E-state index in [1.807, 2.05) is 0 Å². The molecule has 7 nitrogen and oxygen atoms in total. The molecule has 0 saturated heterocycles. The van der Waals surface area contributed by atoms with Crippen LogP contribution in [0, 0.1) is 0 Å². The minimum atomic E-state index is -1.08. The van der Waals surface area contributed by atoms with E-state index in [1.54, 1.807) is 24.7 Å². The van der Waals surface area contributed by atoms with Gasteiger partial charge in [0, 0.05) is 18.6 Å². The number of hydrogen-bond donors (Lipinski definition) is 2. The van der Waals surface area contributed by atoms with Crippen LogP contribution in [0.3, 0.4) is 0 Å². The average Bonchev–Trinajstić information content (AvgIpc) is 2.96. The molecular formula is C11H12N4O3S. The highest BCUT2D eigenvalue weighted by Crippen LogP contribution is 2.18. The van der Waals surface area contributed by atoms with Crippen molar-refractivity contribution in [3.05, 3.63) is 34.3 Å². The Balaban J connectivity index is 2.05. The first-order valence-electron chi connectivity index (χ1n) is 5.45. The third-order valence-electron chi connectivity index (χ3n) is 2.40. The molecule has 2 aromatic heterocycles. The minimum Gasteiger partial charge on any atom is -0.476 e. The average molecular weight is 280 g/mol. The Kier molecular flexibility index (Phi) is 3.61. The van der Waals surface area contributed by atoms with Gasteiger partial charge in [0.05, 0.1) is 12.4 Å². The van der Waals surface area contributed by atoms with Crippen LogP contribution in [0.1, 0.15) is 39.0 Å². The van der Waals surface area contributed by atoms with Crippen molar-refractivity contribution in [3.63, 3.8) is 0 Å². The fourth-order valence-corrected chi connectivity index (χ4v) is 2.25. The standard InChI is InChI=1S/C11H12N4O3S/c1-6(10-14-8(4-19-10)11(17)18)13-9(16)7-3-15(2)5-12-7/h3-6H,1-2H3,(H,13,16)(H,17,18). The Morgan fingerprint density at radius 3 is 2.74 bits per heavy atom. The summed E-state index contributed by atoms with van der Waals surface area (Å²) in [4.78, 5) is 30.5. The number of aryl methyl sites for hydroxylation is 1. The normalized spacial score (nSPS) is 12.1. The Hall–Kier alpha value is -2.22. The van der Waals surface area contributed by atoms with E-state index in [0.29, 0.717) is 10.7 Å². The number of imidazole rings is 1. The van der Waals surface area contributed by atoms with E-state index in [2.05, 4.69) is 15.3 Å². The van der Waals surface area contributed by atoms with Crippen LogP contribution in [0.25, 0.3) is 0 Å². The van der Waals surface area contributed by atoms with Gasteiger partial charge in [0.15, 0.2) is 5.69 Å². The molecule has 0 spiro atoms. The van der Waals surface area contributed by atoms with Gasteiger partial charge in [0.1, 0.15) is 10.7 Å². The maximum absolute atomic E-state index is 11.9. The molecule has 8 heteroatoms. The first-order valence-corrected chi connectivity index (χ1v) is 6.33. The zero-order valence-corrected chi connectivity index (χ0v) is 11.1. The molecule has 0 aliphatic heterocycles. The van der Waals surface area contributed by atoms with Crippen molar-refractivity contribution >= 4 is 23.2 Å². The third kappa shape index (κ3) is 2.97.